The van der Waals surface area contributed by atoms with Gasteiger partial charge < -0.3 is 14.8 Å². The lowest BCUT2D eigenvalue weighted by Gasteiger charge is -2.14. The van der Waals surface area contributed by atoms with Crippen molar-refractivity contribution in [2.75, 3.05) is 11.9 Å². The lowest BCUT2D eigenvalue weighted by Crippen LogP contribution is -2.10. The number of nitrogens with zero attached hydrogens (tertiary/aromatic N) is 1. The predicted molar refractivity (Wildman–Crippen MR) is 99.4 cm³/mol. The molecule has 2 aromatic rings. The number of carbonyl (C=O) groups excluding carboxylic acids is 2. The van der Waals surface area contributed by atoms with Gasteiger partial charge >= 0.3 is 17.8 Å². The van der Waals surface area contributed by atoms with Gasteiger partial charge in [0.25, 0.3) is 0 Å². The van der Waals surface area contributed by atoms with E-state index in [1.807, 2.05) is 0 Å². The Balaban J connectivity index is 2.53. The number of hydrogen-bond acceptors (Lipinski definition) is 6. The number of rotatable bonds is 7. The highest BCUT2D eigenvalue weighted by molar-refractivity contribution is 5.95. The molecule has 0 aliphatic heterocycles. The Morgan fingerprint density at radius 3 is 2.47 bits per heavy atom. The fraction of sp³-hybridized carbons (Fsp3) is 0.158. The number of benzene rings is 2. The van der Waals surface area contributed by atoms with E-state index in [2.05, 4.69) is 11.9 Å². The Hall–Kier alpha value is -3.89. The number of alkyl halides is 3. The molecule has 0 spiro atoms. The molecule has 0 bridgehead atoms. The Bertz CT molecular complexity index is 1000. The summed E-state index contributed by atoms with van der Waals surface area (Å²) in [7, 11) is 0. The molecular formula is C19H15F3N2O6. The summed E-state index contributed by atoms with van der Waals surface area (Å²) >= 11 is 0. The van der Waals surface area contributed by atoms with Gasteiger partial charge in [0.05, 0.1) is 10.5 Å². The standard InChI is InChI=1S/C19H15F3N2O6/c1-3-8-29-18(26)14-6-5-13(23-11(2)25)10-17(14)30-16-7-4-12(19(20,21)22)9-15(16)24(27)28/h3-7,9-10H,1,8H2,2H3,(H,23,25). The third-order valence-electron chi connectivity index (χ3n) is 3.56. The van der Waals surface area contributed by atoms with Crippen molar-refractivity contribution in [1.29, 1.82) is 0 Å². The third kappa shape index (κ3) is 5.56. The molecule has 8 nitrogen and oxygen atoms in total. The first-order valence-corrected chi connectivity index (χ1v) is 8.26. The highest BCUT2D eigenvalue weighted by atomic mass is 19.4. The first-order chi connectivity index (χ1) is 14.0. The predicted octanol–water partition coefficient (Wildman–Crippen LogP) is 4.71. The summed E-state index contributed by atoms with van der Waals surface area (Å²) in [5, 5.41) is 13.7. The molecule has 2 rings (SSSR count). The number of nitrogens with one attached hydrogen (secondary N) is 1. The van der Waals surface area contributed by atoms with Crippen LogP contribution in [-0.2, 0) is 15.7 Å². The van der Waals surface area contributed by atoms with Crippen molar-refractivity contribution < 1.29 is 37.2 Å². The molecule has 0 heterocycles. The van der Waals surface area contributed by atoms with E-state index in [0.717, 1.165) is 6.07 Å². The van der Waals surface area contributed by atoms with Crippen LogP contribution in [-0.4, -0.2) is 23.4 Å². The van der Waals surface area contributed by atoms with E-state index in [1.54, 1.807) is 0 Å². The summed E-state index contributed by atoms with van der Waals surface area (Å²) < 4.78 is 49.0. The zero-order chi connectivity index (χ0) is 22.5. The number of anilines is 1. The molecule has 0 saturated carbocycles. The van der Waals surface area contributed by atoms with Crippen molar-refractivity contribution in [3.8, 4) is 11.5 Å². The minimum atomic E-state index is -4.80. The van der Waals surface area contributed by atoms with Crippen LogP contribution in [0, 0.1) is 10.1 Å². The van der Waals surface area contributed by atoms with Gasteiger partial charge in [-0.3, -0.25) is 14.9 Å². The van der Waals surface area contributed by atoms with Gasteiger partial charge in [-0.25, -0.2) is 4.79 Å². The third-order valence-corrected chi connectivity index (χ3v) is 3.56. The summed E-state index contributed by atoms with van der Waals surface area (Å²) in [5.74, 6) is -2.11. The van der Waals surface area contributed by atoms with Gasteiger partial charge in [0.15, 0.2) is 0 Å². The maximum atomic E-state index is 12.9. The minimum absolute atomic E-state index is 0.133. The van der Waals surface area contributed by atoms with Gasteiger partial charge in [-0.1, -0.05) is 12.7 Å². The van der Waals surface area contributed by atoms with Crippen LogP contribution in [0.25, 0.3) is 0 Å². The van der Waals surface area contributed by atoms with E-state index in [9.17, 15) is 32.9 Å². The molecule has 0 radical (unpaired) electrons. The van der Waals surface area contributed by atoms with Crippen molar-refractivity contribution in [3.63, 3.8) is 0 Å². The molecule has 0 aliphatic carbocycles. The molecule has 158 valence electrons. The maximum absolute atomic E-state index is 12.9. The van der Waals surface area contributed by atoms with E-state index < -0.39 is 40.0 Å². The number of halogens is 3. The molecule has 0 aliphatic rings. The average Bonchev–Trinajstić information content (AvgIpc) is 2.65. The van der Waals surface area contributed by atoms with Crippen LogP contribution in [0.4, 0.5) is 24.5 Å². The molecule has 0 saturated heterocycles. The Kier molecular flexibility index (Phi) is 6.77. The quantitative estimate of drug-likeness (QED) is 0.299. The monoisotopic (exact) mass is 424 g/mol. The molecule has 1 amide bonds. The van der Waals surface area contributed by atoms with Crippen molar-refractivity contribution in [2.45, 2.75) is 13.1 Å². The topological polar surface area (TPSA) is 108 Å². The van der Waals surface area contributed by atoms with Crippen LogP contribution in [0.1, 0.15) is 22.8 Å². The van der Waals surface area contributed by atoms with Gasteiger partial charge in [0, 0.05) is 24.7 Å². The smallest absolute Gasteiger partial charge is 0.416 e. The number of nitro benzene ring substituents is 1. The number of carbonyl (C=O) groups is 2. The molecule has 30 heavy (non-hydrogen) atoms. The van der Waals surface area contributed by atoms with Crippen LogP contribution in [0.5, 0.6) is 11.5 Å². The van der Waals surface area contributed by atoms with Gasteiger partial charge in [-0.05, 0) is 24.3 Å². The summed E-state index contributed by atoms with van der Waals surface area (Å²) in [5.41, 5.74) is -2.17. The van der Waals surface area contributed by atoms with Crippen molar-refractivity contribution in [3.05, 3.63) is 70.3 Å². The summed E-state index contributed by atoms with van der Waals surface area (Å²) in [4.78, 5) is 33.7. The first kappa shape index (κ1) is 22.4. The fourth-order valence-electron chi connectivity index (χ4n) is 2.31. The molecule has 2 aromatic carbocycles. The SMILES string of the molecule is C=CCOC(=O)c1ccc(NC(C)=O)cc1Oc1ccc(C(F)(F)F)cc1[N+](=O)[O-]. The normalized spacial score (nSPS) is 10.8. The Labute approximate surface area is 168 Å². The number of esters is 1. The molecule has 0 fully saturated rings. The fourth-order valence-corrected chi connectivity index (χ4v) is 2.31. The first-order valence-electron chi connectivity index (χ1n) is 8.26. The number of nitro groups is 1. The minimum Gasteiger partial charge on any atom is -0.458 e. The number of ether oxygens (including phenoxy) is 2. The zero-order valence-electron chi connectivity index (χ0n) is 15.5. The van der Waals surface area contributed by atoms with E-state index in [4.69, 9.17) is 9.47 Å². The van der Waals surface area contributed by atoms with Crippen LogP contribution >= 0.6 is 0 Å². The van der Waals surface area contributed by atoms with Gasteiger partial charge in [0.2, 0.25) is 11.7 Å². The summed E-state index contributed by atoms with van der Waals surface area (Å²) in [6, 6.07) is 5.48. The molecule has 0 unspecified atom stereocenters. The van der Waals surface area contributed by atoms with Gasteiger partial charge in [0.1, 0.15) is 17.9 Å². The lowest BCUT2D eigenvalue weighted by atomic mass is 10.1. The second-order valence-corrected chi connectivity index (χ2v) is 5.82. The van der Waals surface area contributed by atoms with E-state index >= 15 is 0 Å². The second-order valence-electron chi connectivity index (χ2n) is 5.82. The molecule has 0 atom stereocenters. The molecule has 11 heteroatoms. The van der Waals surface area contributed by atoms with Gasteiger partial charge in [-0.15, -0.1) is 0 Å². The highest BCUT2D eigenvalue weighted by Crippen LogP contribution is 2.39. The zero-order valence-corrected chi connectivity index (χ0v) is 15.5. The summed E-state index contributed by atoms with van der Waals surface area (Å²) in [6.07, 6.45) is -3.49. The summed E-state index contributed by atoms with van der Waals surface area (Å²) in [6.45, 7) is 4.50. The van der Waals surface area contributed by atoms with Crippen molar-refractivity contribution in [2.24, 2.45) is 0 Å². The van der Waals surface area contributed by atoms with E-state index in [-0.39, 0.29) is 23.6 Å². The van der Waals surface area contributed by atoms with Crippen molar-refractivity contribution >= 4 is 23.3 Å². The Morgan fingerprint density at radius 1 is 1.20 bits per heavy atom. The van der Waals surface area contributed by atoms with E-state index in [1.165, 1.54) is 31.2 Å². The molecule has 0 aromatic heterocycles. The van der Waals surface area contributed by atoms with Crippen molar-refractivity contribution in [1.82, 2.24) is 0 Å². The van der Waals surface area contributed by atoms with Gasteiger partial charge in [-0.2, -0.15) is 13.2 Å². The number of hydrogen-bond donors (Lipinski definition) is 1. The van der Waals surface area contributed by atoms with E-state index in [0.29, 0.717) is 12.1 Å². The molecule has 1 N–H and O–H groups in total. The second kappa shape index (κ2) is 9.07. The largest absolute Gasteiger partial charge is 0.458 e. The van der Waals surface area contributed by atoms with Crippen LogP contribution < -0.4 is 10.1 Å². The van der Waals surface area contributed by atoms with Crippen LogP contribution in [0.2, 0.25) is 0 Å². The number of amides is 1. The highest BCUT2D eigenvalue weighted by Gasteiger charge is 2.33. The van der Waals surface area contributed by atoms with Crippen LogP contribution in [0.15, 0.2) is 49.1 Å². The lowest BCUT2D eigenvalue weighted by molar-refractivity contribution is -0.385. The van der Waals surface area contributed by atoms with Crippen LogP contribution in [0.3, 0.4) is 0 Å². The molecular weight excluding hydrogens is 409 g/mol. The Morgan fingerprint density at radius 2 is 1.90 bits per heavy atom. The maximum Gasteiger partial charge on any atom is 0.416 e. The average molecular weight is 424 g/mol.